The first-order chi connectivity index (χ1) is 5.88. The molecular weight excluding hydrogens is 170 g/mol. The van der Waals surface area contributed by atoms with E-state index in [0.717, 1.165) is 11.3 Å². The second-order valence-electron chi connectivity index (χ2n) is 2.31. The van der Waals surface area contributed by atoms with E-state index < -0.39 is 0 Å². The van der Waals surface area contributed by atoms with Crippen molar-refractivity contribution in [2.24, 2.45) is 0 Å². The largest absolute Gasteiger partial charge is 0.383 e. The van der Waals surface area contributed by atoms with Gasteiger partial charge in [0.1, 0.15) is 5.82 Å². The van der Waals surface area contributed by atoms with Gasteiger partial charge in [-0.3, -0.25) is 0 Å². The monoisotopic (exact) mass is 177 g/mol. The molecule has 0 saturated heterocycles. The Hall–Kier alpha value is -1.42. The van der Waals surface area contributed by atoms with Gasteiger partial charge >= 0.3 is 0 Å². The maximum Gasteiger partial charge on any atom is 0.132 e. The number of nitrogens with two attached hydrogens (primary N) is 1. The lowest BCUT2D eigenvalue weighted by atomic mass is 10.2. The molecule has 2 aromatic rings. The molecule has 0 aromatic carbocycles. The number of nitrogens with zero attached hydrogens (tertiary/aromatic N) is 2. The SMILES string of the molecule is Nc1ncccc1-c1cscn1. The third kappa shape index (κ3) is 1.16. The van der Waals surface area contributed by atoms with E-state index in [0.29, 0.717) is 5.82 Å². The van der Waals surface area contributed by atoms with Crippen molar-refractivity contribution in [1.82, 2.24) is 9.97 Å². The summed E-state index contributed by atoms with van der Waals surface area (Å²) in [5, 5.41) is 1.95. The maximum absolute atomic E-state index is 5.67. The highest BCUT2D eigenvalue weighted by Crippen LogP contribution is 2.22. The summed E-state index contributed by atoms with van der Waals surface area (Å²) in [5.74, 6) is 0.531. The molecule has 0 aliphatic carbocycles. The van der Waals surface area contributed by atoms with Crippen molar-refractivity contribution in [3.05, 3.63) is 29.2 Å². The zero-order chi connectivity index (χ0) is 8.39. The molecule has 60 valence electrons. The van der Waals surface area contributed by atoms with Crippen molar-refractivity contribution in [1.29, 1.82) is 0 Å². The molecule has 2 aromatic heterocycles. The molecule has 0 fully saturated rings. The van der Waals surface area contributed by atoms with Crippen molar-refractivity contribution in [3.63, 3.8) is 0 Å². The molecule has 2 heterocycles. The molecule has 0 aliphatic rings. The van der Waals surface area contributed by atoms with Crippen LogP contribution in [-0.4, -0.2) is 9.97 Å². The molecule has 0 saturated carbocycles. The fourth-order valence-corrected chi connectivity index (χ4v) is 1.53. The molecule has 0 radical (unpaired) electrons. The van der Waals surface area contributed by atoms with Crippen molar-refractivity contribution >= 4 is 17.2 Å². The van der Waals surface area contributed by atoms with E-state index in [4.69, 9.17) is 5.73 Å². The molecule has 0 aliphatic heterocycles. The van der Waals surface area contributed by atoms with E-state index in [1.165, 1.54) is 0 Å². The van der Waals surface area contributed by atoms with E-state index in [-0.39, 0.29) is 0 Å². The molecule has 0 unspecified atom stereocenters. The third-order valence-electron chi connectivity index (χ3n) is 1.55. The zero-order valence-electron chi connectivity index (χ0n) is 6.27. The van der Waals surface area contributed by atoms with Crippen LogP contribution < -0.4 is 5.73 Å². The van der Waals surface area contributed by atoms with Crippen molar-refractivity contribution in [2.45, 2.75) is 0 Å². The Balaban J connectivity index is 2.55. The molecule has 4 heteroatoms. The minimum absolute atomic E-state index is 0.531. The van der Waals surface area contributed by atoms with Gasteiger partial charge in [-0.25, -0.2) is 9.97 Å². The van der Waals surface area contributed by atoms with Crippen LogP contribution >= 0.6 is 11.3 Å². The zero-order valence-corrected chi connectivity index (χ0v) is 7.08. The van der Waals surface area contributed by atoms with Gasteiger partial charge in [0.25, 0.3) is 0 Å². The molecule has 0 spiro atoms. The highest BCUT2D eigenvalue weighted by Gasteiger charge is 2.02. The third-order valence-corrected chi connectivity index (χ3v) is 2.13. The van der Waals surface area contributed by atoms with E-state index in [1.54, 1.807) is 23.0 Å². The van der Waals surface area contributed by atoms with Crippen LogP contribution in [0.25, 0.3) is 11.3 Å². The summed E-state index contributed by atoms with van der Waals surface area (Å²) in [6.07, 6.45) is 1.67. The minimum Gasteiger partial charge on any atom is -0.383 e. The quantitative estimate of drug-likeness (QED) is 0.722. The summed E-state index contributed by atoms with van der Waals surface area (Å²) in [5.41, 5.74) is 9.24. The Labute approximate surface area is 73.9 Å². The number of pyridine rings is 1. The number of anilines is 1. The molecular formula is C8H7N3S. The van der Waals surface area contributed by atoms with Gasteiger partial charge < -0.3 is 5.73 Å². The summed E-state index contributed by atoms with van der Waals surface area (Å²) in [7, 11) is 0. The average Bonchev–Trinajstić information content (AvgIpc) is 2.57. The summed E-state index contributed by atoms with van der Waals surface area (Å²) in [6.45, 7) is 0. The number of nitrogen functional groups attached to an aromatic ring is 1. The van der Waals surface area contributed by atoms with E-state index in [1.807, 2.05) is 17.5 Å². The van der Waals surface area contributed by atoms with Crippen LogP contribution in [0.1, 0.15) is 0 Å². The fourth-order valence-electron chi connectivity index (χ4n) is 0.980. The Morgan fingerprint density at radius 3 is 2.92 bits per heavy atom. The van der Waals surface area contributed by atoms with Crippen LogP contribution in [0.3, 0.4) is 0 Å². The van der Waals surface area contributed by atoms with Crippen LogP contribution in [0.15, 0.2) is 29.2 Å². The van der Waals surface area contributed by atoms with Crippen LogP contribution in [-0.2, 0) is 0 Å². The molecule has 3 nitrogen and oxygen atoms in total. The number of thiazole rings is 1. The first-order valence-corrected chi connectivity index (χ1v) is 4.41. The fraction of sp³-hybridized carbons (Fsp3) is 0. The van der Waals surface area contributed by atoms with Crippen molar-refractivity contribution < 1.29 is 0 Å². The first kappa shape index (κ1) is 7.24. The summed E-state index contributed by atoms with van der Waals surface area (Å²) in [4.78, 5) is 8.12. The first-order valence-electron chi connectivity index (χ1n) is 3.47. The Morgan fingerprint density at radius 2 is 2.25 bits per heavy atom. The molecule has 2 N–H and O–H groups in total. The predicted molar refractivity (Wildman–Crippen MR) is 49.8 cm³/mol. The molecule has 12 heavy (non-hydrogen) atoms. The van der Waals surface area contributed by atoms with Crippen molar-refractivity contribution in [2.75, 3.05) is 5.73 Å². The number of rotatable bonds is 1. The summed E-state index contributed by atoms with van der Waals surface area (Å²) >= 11 is 1.55. The van der Waals surface area contributed by atoms with Gasteiger partial charge in [-0.15, -0.1) is 11.3 Å². The van der Waals surface area contributed by atoms with E-state index in [2.05, 4.69) is 9.97 Å². The van der Waals surface area contributed by atoms with Gasteiger partial charge in [0.05, 0.1) is 11.2 Å². The highest BCUT2D eigenvalue weighted by atomic mass is 32.1. The number of hydrogen-bond donors (Lipinski definition) is 1. The number of hydrogen-bond acceptors (Lipinski definition) is 4. The van der Waals surface area contributed by atoms with Gasteiger partial charge in [-0.1, -0.05) is 0 Å². The lowest BCUT2D eigenvalue weighted by Crippen LogP contribution is -1.92. The van der Waals surface area contributed by atoms with Gasteiger partial charge in [0, 0.05) is 17.1 Å². The van der Waals surface area contributed by atoms with Gasteiger partial charge in [-0.05, 0) is 12.1 Å². The lowest BCUT2D eigenvalue weighted by Gasteiger charge is -1.98. The normalized spacial score (nSPS) is 10.0. The number of aromatic nitrogens is 2. The molecule has 0 bridgehead atoms. The topological polar surface area (TPSA) is 51.8 Å². The van der Waals surface area contributed by atoms with E-state index >= 15 is 0 Å². The van der Waals surface area contributed by atoms with Gasteiger partial charge in [-0.2, -0.15) is 0 Å². The smallest absolute Gasteiger partial charge is 0.132 e. The van der Waals surface area contributed by atoms with Gasteiger partial charge in [0.2, 0.25) is 0 Å². The van der Waals surface area contributed by atoms with Crippen LogP contribution in [0.4, 0.5) is 5.82 Å². The molecule has 2 rings (SSSR count). The van der Waals surface area contributed by atoms with Gasteiger partial charge in [0.15, 0.2) is 0 Å². The van der Waals surface area contributed by atoms with E-state index in [9.17, 15) is 0 Å². The standard InChI is InChI=1S/C8H7N3S/c9-8-6(2-1-3-10-8)7-4-12-5-11-7/h1-5H,(H2,9,10). The maximum atomic E-state index is 5.67. The Kier molecular flexibility index (Phi) is 1.75. The van der Waals surface area contributed by atoms with Crippen LogP contribution in [0.2, 0.25) is 0 Å². The second-order valence-corrected chi connectivity index (χ2v) is 3.03. The van der Waals surface area contributed by atoms with Crippen LogP contribution in [0, 0.1) is 0 Å². The van der Waals surface area contributed by atoms with Crippen LogP contribution in [0.5, 0.6) is 0 Å². The van der Waals surface area contributed by atoms with Crippen molar-refractivity contribution in [3.8, 4) is 11.3 Å². The second kappa shape index (κ2) is 2.91. The minimum atomic E-state index is 0.531. The Morgan fingerprint density at radius 1 is 1.33 bits per heavy atom. The molecule has 0 atom stereocenters. The summed E-state index contributed by atoms with van der Waals surface area (Å²) < 4.78 is 0. The lowest BCUT2D eigenvalue weighted by molar-refractivity contribution is 1.31. The molecule has 0 amide bonds. The predicted octanol–water partition coefficient (Wildman–Crippen LogP) is 1.79. The highest BCUT2D eigenvalue weighted by molar-refractivity contribution is 7.07. The summed E-state index contributed by atoms with van der Waals surface area (Å²) in [6, 6.07) is 3.77. The average molecular weight is 177 g/mol. The Bertz CT molecular complexity index is 370.